The van der Waals surface area contributed by atoms with Crippen LogP contribution >= 0.6 is 11.6 Å². The Bertz CT molecular complexity index is 961. The molecule has 2 rings (SSSR count). The van der Waals surface area contributed by atoms with Gasteiger partial charge in [-0.25, -0.2) is 17.9 Å². The van der Waals surface area contributed by atoms with Crippen LogP contribution in [-0.4, -0.2) is 21.5 Å². The molecule has 0 fully saturated rings. The number of esters is 1. The molecule has 1 unspecified atom stereocenters. The van der Waals surface area contributed by atoms with Crippen molar-refractivity contribution in [2.45, 2.75) is 24.0 Å². The fraction of sp³-hybridized carbons (Fsp3) is 0.235. The SMILES string of the molecule is COC(=O)c1ccc(Cl)c(S(=O)(=O)NC(C)c2cccc(C(F)(F)F)c2)c1. The van der Waals surface area contributed by atoms with E-state index in [-0.39, 0.29) is 21.0 Å². The number of nitrogens with one attached hydrogen (secondary N) is 1. The number of ether oxygens (including phenoxy) is 1. The molecule has 0 radical (unpaired) electrons. The first-order valence-electron chi connectivity index (χ1n) is 7.53. The number of benzene rings is 2. The minimum atomic E-state index is -4.55. The van der Waals surface area contributed by atoms with Crippen LogP contribution in [0.1, 0.15) is 34.5 Å². The van der Waals surface area contributed by atoms with E-state index in [1.165, 1.54) is 31.2 Å². The van der Waals surface area contributed by atoms with Crippen LogP contribution < -0.4 is 4.72 Å². The molecule has 10 heteroatoms. The molecule has 0 aliphatic rings. The van der Waals surface area contributed by atoms with Gasteiger partial charge in [-0.05, 0) is 42.8 Å². The fourth-order valence-corrected chi connectivity index (χ4v) is 4.06. The van der Waals surface area contributed by atoms with Crippen molar-refractivity contribution in [3.8, 4) is 0 Å². The van der Waals surface area contributed by atoms with E-state index in [9.17, 15) is 26.4 Å². The van der Waals surface area contributed by atoms with E-state index >= 15 is 0 Å². The lowest BCUT2D eigenvalue weighted by Gasteiger charge is -2.17. The van der Waals surface area contributed by atoms with Crippen molar-refractivity contribution in [2.24, 2.45) is 0 Å². The van der Waals surface area contributed by atoms with Gasteiger partial charge in [-0.15, -0.1) is 0 Å². The van der Waals surface area contributed by atoms with Crippen molar-refractivity contribution in [2.75, 3.05) is 7.11 Å². The second-order valence-corrected chi connectivity index (χ2v) is 7.69. The third-order valence-corrected chi connectivity index (χ3v) is 5.71. The molecule has 0 saturated carbocycles. The average molecular weight is 422 g/mol. The minimum absolute atomic E-state index is 0.0333. The van der Waals surface area contributed by atoms with Crippen LogP contribution in [0.2, 0.25) is 5.02 Å². The zero-order valence-corrected chi connectivity index (χ0v) is 15.7. The van der Waals surface area contributed by atoms with Crippen LogP contribution in [0.25, 0.3) is 0 Å². The minimum Gasteiger partial charge on any atom is -0.465 e. The van der Waals surface area contributed by atoms with Gasteiger partial charge in [0.05, 0.1) is 23.3 Å². The van der Waals surface area contributed by atoms with E-state index in [0.29, 0.717) is 0 Å². The number of hydrogen-bond donors (Lipinski definition) is 1. The summed E-state index contributed by atoms with van der Waals surface area (Å²) in [7, 11) is -3.08. The average Bonchev–Trinajstić information content (AvgIpc) is 2.60. The number of halogens is 4. The molecule has 0 aromatic heterocycles. The molecule has 5 nitrogen and oxygen atoms in total. The summed E-state index contributed by atoms with van der Waals surface area (Å²) in [6.45, 7) is 1.39. The summed E-state index contributed by atoms with van der Waals surface area (Å²) < 4.78 is 70.5. The van der Waals surface area contributed by atoms with Gasteiger partial charge in [0.2, 0.25) is 10.0 Å². The first kappa shape index (κ1) is 21.2. The highest BCUT2D eigenvalue weighted by molar-refractivity contribution is 7.89. The predicted octanol–water partition coefficient (Wildman–Crippen LogP) is 4.18. The summed E-state index contributed by atoms with van der Waals surface area (Å²) >= 11 is 5.92. The van der Waals surface area contributed by atoms with Crippen LogP contribution in [0.15, 0.2) is 47.4 Å². The van der Waals surface area contributed by atoms with Gasteiger partial charge < -0.3 is 4.74 Å². The van der Waals surface area contributed by atoms with Crippen molar-refractivity contribution in [1.82, 2.24) is 4.72 Å². The number of carbonyl (C=O) groups is 1. The Hall–Kier alpha value is -2.10. The van der Waals surface area contributed by atoms with E-state index in [1.807, 2.05) is 0 Å². The third-order valence-electron chi connectivity index (χ3n) is 3.69. The number of hydrogen-bond acceptors (Lipinski definition) is 4. The van der Waals surface area contributed by atoms with Gasteiger partial charge in [-0.3, -0.25) is 0 Å². The standard InChI is InChI=1S/C17H15ClF3NO4S/c1-10(11-4-3-5-13(8-11)17(19,20)21)22-27(24,25)15-9-12(16(23)26-2)6-7-14(15)18/h3-10,22H,1-2H3. The van der Waals surface area contributed by atoms with E-state index in [0.717, 1.165) is 25.3 Å². The molecule has 0 saturated heterocycles. The summed E-state index contributed by atoms with van der Waals surface area (Å²) in [6, 6.07) is 6.88. The molecular weight excluding hydrogens is 407 g/mol. The molecule has 2 aromatic rings. The summed E-state index contributed by atoms with van der Waals surface area (Å²) in [4.78, 5) is 11.2. The molecule has 0 aliphatic carbocycles. The first-order valence-corrected chi connectivity index (χ1v) is 9.39. The van der Waals surface area contributed by atoms with Crippen molar-refractivity contribution in [3.63, 3.8) is 0 Å². The van der Waals surface area contributed by atoms with Gasteiger partial charge >= 0.3 is 12.1 Å². The van der Waals surface area contributed by atoms with Gasteiger partial charge in [-0.2, -0.15) is 13.2 Å². The summed E-state index contributed by atoms with van der Waals surface area (Å²) in [6.07, 6.45) is -4.55. The van der Waals surface area contributed by atoms with Gasteiger partial charge in [0.15, 0.2) is 0 Å². The highest BCUT2D eigenvalue weighted by Crippen LogP contribution is 2.31. The second kappa shape index (κ2) is 7.87. The van der Waals surface area contributed by atoms with Gasteiger partial charge in [0, 0.05) is 6.04 Å². The van der Waals surface area contributed by atoms with E-state index in [2.05, 4.69) is 9.46 Å². The normalized spacial score (nSPS) is 13.3. The Morgan fingerprint density at radius 2 is 1.85 bits per heavy atom. The number of sulfonamides is 1. The maximum Gasteiger partial charge on any atom is 0.416 e. The molecule has 0 aliphatic heterocycles. The van der Waals surface area contributed by atoms with Crippen molar-refractivity contribution >= 4 is 27.6 Å². The Balaban J connectivity index is 2.35. The molecule has 0 amide bonds. The Labute approximate surface area is 159 Å². The lowest BCUT2D eigenvalue weighted by atomic mass is 10.1. The predicted molar refractivity (Wildman–Crippen MR) is 93.0 cm³/mol. The highest BCUT2D eigenvalue weighted by Gasteiger charge is 2.31. The summed E-state index contributed by atoms with van der Waals surface area (Å²) in [5, 5.41) is -0.147. The van der Waals surface area contributed by atoms with Crippen molar-refractivity contribution in [3.05, 3.63) is 64.2 Å². The Morgan fingerprint density at radius 1 is 1.19 bits per heavy atom. The quantitative estimate of drug-likeness (QED) is 0.735. The van der Waals surface area contributed by atoms with Crippen LogP contribution in [0.5, 0.6) is 0 Å². The number of methoxy groups -OCH3 is 1. The Kier molecular flexibility index (Phi) is 6.18. The molecule has 0 spiro atoms. The highest BCUT2D eigenvalue weighted by atomic mass is 35.5. The van der Waals surface area contributed by atoms with Crippen molar-refractivity contribution < 1.29 is 31.1 Å². The second-order valence-electron chi connectivity index (χ2n) is 5.60. The fourth-order valence-electron chi connectivity index (χ4n) is 2.30. The Morgan fingerprint density at radius 3 is 2.44 bits per heavy atom. The maximum absolute atomic E-state index is 12.8. The molecule has 27 heavy (non-hydrogen) atoms. The van der Waals surface area contributed by atoms with Crippen LogP contribution in [0.3, 0.4) is 0 Å². The summed E-state index contributed by atoms with van der Waals surface area (Å²) in [5.41, 5.74) is -0.806. The van der Waals surface area contributed by atoms with E-state index in [4.69, 9.17) is 11.6 Å². The first-order chi connectivity index (χ1) is 12.5. The lowest BCUT2D eigenvalue weighted by molar-refractivity contribution is -0.137. The van der Waals surface area contributed by atoms with E-state index < -0.39 is 33.8 Å². The van der Waals surface area contributed by atoms with Crippen molar-refractivity contribution in [1.29, 1.82) is 0 Å². The zero-order chi connectivity index (χ0) is 20.4. The molecule has 1 atom stereocenters. The van der Waals surface area contributed by atoms with Crippen LogP contribution in [-0.2, 0) is 20.9 Å². The maximum atomic E-state index is 12.8. The molecule has 0 bridgehead atoms. The molecule has 1 N–H and O–H groups in total. The molecule has 2 aromatic carbocycles. The molecular formula is C17H15ClF3NO4S. The number of alkyl halides is 3. The topological polar surface area (TPSA) is 72.5 Å². The largest absolute Gasteiger partial charge is 0.465 e. The lowest BCUT2D eigenvalue weighted by Crippen LogP contribution is -2.27. The van der Waals surface area contributed by atoms with Gasteiger partial charge in [0.25, 0.3) is 0 Å². The van der Waals surface area contributed by atoms with Crippen LogP contribution in [0, 0.1) is 0 Å². The number of rotatable bonds is 5. The summed E-state index contributed by atoms with van der Waals surface area (Å²) in [5.74, 6) is -0.756. The molecule has 146 valence electrons. The third kappa shape index (κ3) is 5.00. The van der Waals surface area contributed by atoms with Gasteiger partial charge in [-0.1, -0.05) is 23.7 Å². The van der Waals surface area contributed by atoms with E-state index in [1.54, 1.807) is 0 Å². The van der Waals surface area contributed by atoms with Crippen LogP contribution in [0.4, 0.5) is 13.2 Å². The van der Waals surface area contributed by atoms with Gasteiger partial charge in [0.1, 0.15) is 4.90 Å². The smallest absolute Gasteiger partial charge is 0.416 e. The molecule has 0 heterocycles. The number of carbonyl (C=O) groups excluding carboxylic acids is 1. The zero-order valence-electron chi connectivity index (χ0n) is 14.2. The monoisotopic (exact) mass is 421 g/mol.